The summed E-state index contributed by atoms with van der Waals surface area (Å²) in [6.07, 6.45) is 1.50. The third kappa shape index (κ3) is 2.93. The monoisotopic (exact) mass is 260 g/mol. The topological polar surface area (TPSA) is 36.7 Å². The van der Waals surface area contributed by atoms with Crippen molar-refractivity contribution in [3.8, 4) is 17.3 Å². The maximum Gasteiger partial charge on any atom is 0.123 e. The Labute approximate surface area is 110 Å². The molecule has 0 fully saturated rings. The van der Waals surface area contributed by atoms with Crippen LogP contribution in [0.3, 0.4) is 0 Å². The van der Waals surface area contributed by atoms with Crippen molar-refractivity contribution in [2.75, 3.05) is 0 Å². The van der Waals surface area contributed by atoms with Gasteiger partial charge in [-0.05, 0) is 18.6 Å². The number of aromatic nitrogens is 1. The third-order valence-corrected chi connectivity index (χ3v) is 3.64. The predicted octanol–water partition coefficient (Wildman–Crippen LogP) is 4.04. The van der Waals surface area contributed by atoms with Crippen molar-refractivity contribution in [3.63, 3.8) is 0 Å². The molecule has 4 heteroatoms. The van der Waals surface area contributed by atoms with E-state index in [-0.39, 0.29) is 11.7 Å². The first-order valence-corrected chi connectivity index (χ1v) is 6.71. The average molecular weight is 260 g/mol. The highest BCUT2D eigenvalue weighted by atomic mass is 32.1. The molecule has 0 saturated heterocycles. The Kier molecular flexibility index (Phi) is 4.06. The minimum atomic E-state index is -0.259. The van der Waals surface area contributed by atoms with Crippen LogP contribution >= 0.6 is 11.3 Å². The van der Waals surface area contributed by atoms with Crippen LogP contribution in [0.5, 0.6) is 0 Å². The molecule has 0 aliphatic heterocycles. The second-order valence-corrected chi connectivity index (χ2v) is 5.02. The Morgan fingerprint density at radius 3 is 3.00 bits per heavy atom. The molecular weight excluding hydrogens is 247 g/mol. The van der Waals surface area contributed by atoms with Gasteiger partial charge in [-0.15, -0.1) is 11.3 Å². The number of benzene rings is 1. The molecule has 0 aliphatic rings. The molecule has 2 rings (SSSR count). The zero-order chi connectivity index (χ0) is 13.0. The van der Waals surface area contributed by atoms with Crippen molar-refractivity contribution in [1.82, 2.24) is 4.98 Å². The van der Waals surface area contributed by atoms with Gasteiger partial charge in [0.1, 0.15) is 5.82 Å². The standard InChI is InChI=1S/C14H13FN2S/c1-2-10(8-16)6-14-17-13(9-18-14)11-4-3-5-12(15)7-11/h3-5,7,9-10H,2,6H2,1H3. The number of nitrogens with zero attached hydrogens (tertiary/aromatic N) is 2. The summed E-state index contributed by atoms with van der Waals surface area (Å²) in [7, 11) is 0. The van der Waals surface area contributed by atoms with Gasteiger partial charge in [0.25, 0.3) is 0 Å². The van der Waals surface area contributed by atoms with Crippen LogP contribution in [0, 0.1) is 23.1 Å². The van der Waals surface area contributed by atoms with E-state index in [1.807, 2.05) is 18.4 Å². The van der Waals surface area contributed by atoms with Crippen molar-refractivity contribution < 1.29 is 4.39 Å². The molecule has 0 aliphatic carbocycles. The SMILES string of the molecule is CCC(C#N)Cc1nc(-c2cccc(F)c2)cs1. The quantitative estimate of drug-likeness (QED) is 0.831. The fourth-order valence-electron chi connectivity index (χ4n) is 1.68. The molecule has 1 unspecified atom stereocenters. The lowest BCUT2D eigenvalue weighted by atomic mass is 10.1. The summed E-state index contributed by atoms with van der Waals surface area (Å²) in [4.78, 5) is 4.46. The van der Waals surface area contributed by atoms with E-state index < -0.39 is 0 Å². The van der Waals surface area contributed by atoms with Crippen LogP contribution in [0.1, 0.15) is 18.4 Å². The van der Waals surface area contributed by atoms with E-state index in [9.17, 15) is 4.39 Å². The van der Waals surface area contributed by atoms with Crippen LogP contribution in [-0.4, -0.2) is 4.98 Å². The fourth-order valence-corrected chi connectivity index (χ4v) is 2.56. The van der Waals surface area contributed by atoms with Crippen molar-refractivity contribution in [3.05, 3.63) is 40.5 Å². The molecule has 1 aromatic heterocycles. The molecule has 0 radical (unpaired) electrons. The van der Waals surface area contributed by atoms with E-state index >= 15 is 0 Å². The average Bonchev–Trinajstić information content (AvgIpc) is 2.84. The maximum atomic E-state index is 13.1. The van der Waals surface area contributed by atoms with Crippen molar-refractivity contribution in [1.29, 1.82) is 5.26 Å². The summed E-state index contributed by atoms with van der Waals surface area (Å²) in [5, 5.41) is 11.8. The molecule has 1 aromatic carbocycles. The van der Waals surface area contributed by atoms with Crippen molar-refractivity contribution >= 4 is 11.3 Å². The lowest BCUT2D eigenvalue weighted by molar-refractivity contribution is 0.628. The first-order chi connectivity index (χ1) is 8.72. The Bertz CT molecular complexity index is 571. The zero-order valence-electron chi connectivity index (χ0n) is 10.1. The molecule has 1 heterocycles. The van der Waals surface area contributed by atoms with Crippen LogP contribution < -0.4 is 0 Å². The number of rotatable bonds is 4. The summed E-state index contributed by atoms with van der Waals surface area (Å²) in [6.45, 7) is 2.00. The Morgan fingerprint density at radius 1 is 1.50 bits per heavy atom. The lowest BCUT2D eigenvalue weighted by Crippen LogP contribution is -1.99. The molecule has 1 atom stereocenters. The van der Waals surface area contributed by atoms with Gasteiger partial charge >= 0.3 is 0 Å². The lowest BCUT2D eigenvalue weighted by Gasteiger charge is -2.01. The highest BCUT2D eigenvalue weighted by molar-refractivity contribution is 7.09. The van der Waals surface area contributed by atoms with Gasteiger partial charge in [0.2, 0.25) is 0 Å². The van der Waals surface area contributed by atoms with Gasteiger partial charge in [-0.2, -0.15) is 5.26 Å². The number of hydrogen-bond acceptors (Lipinski definition) is 3. The molecule has 18 heavy (non-hydrogen) atoms. The Morgan fingerprint density at radius 2 is 2.33 bits per heavy atom. The normalized spacial score (nSPS) is 12.1. The number of halogens is 1. The van der Waals surface area contributed by atoms with Gasteiger partial charge in [0.05, 0.1) is 22.7 Å². The molecule has 2 nitrogen and oxygen atoms in total. The minimum absolute atomic E-state index is 0.0107. The van der Waals surface area contributed by atoms with Crippen LogP contribution in [0.2, 0.25) is 0 Å². The predicted molar refractivity (Wildman–Crippen MR) is 70.6 cm³/mol. The number of thiazole rings is 1. The van der Waals surface area contributed by atoms with Crippen LogP contribution in [0.25, 0.3) is 11.3 Å². The van der Waals surface area contributed by atoms with Gasteiger partial charge in [-0.3, -0.25) is 0 Å². The smallest absolute Gasteiger partial charge is 0.123 e. The van der Waals surface area contributed by atoms with E-state index in [2.05, 4.69) is 11.1 Å². The number of hydrogen-bond donors (Lipinski definition) is 0. The third-order valence-electron chi connectivity index (χ3n) is 2.77. The molecule has 0 spiro atoms. The molecule has 0 N–H and O–H groups in total. The summed E-state index contributed by atoms with van der Waals surface area (Å²) in [6, 6.07) is 8.67. The van der Waals surface area contributed by atoms with E-state index in [0.717, 1.165) is 22.7 Å². The summed E-state index contributed by atoms with van der Waals surface area (Å²) < 4.78 is 13.1. The van der Waals surface area contributed by atoms with Gasteiger partial charge in [-0.1, -0.05) is 19.1 Å². The first-order valence-electron chi connectivity index (χ1n) is 5.83. The largest absolute Gasteiger partial charge is 0.241 e. The highest BCUT2D eigenvalue weighted by Crippen LogP contribution is 2.24. The zero-order valence-corrected chi connectivity index (χ0v) is 10.9. The van der Waals surface area contributed by atoms with Crippen molar-refractivity contribution in [2.45, 2.75) is 19.8 Å². The van der Waals surface area contributed by atoms with E-state index in [1.54, 1.807) is 6.07 Å². The van der Waals surface area contributed by atoms with Gasteiger partial charge in [0.15, 0.2) is 0 Å². The van der Waals surface area contributed by atoms with E-state index in [0.29, 0.717) is 6.42 Å². The van der Waals surface area contributed by atoms with Crippen LogP contribution in [0.4, 0.5) is 4.39 Å². The summed E-state index contributed by atoms with van der Waals surface area (Å²) >= 11 is 1.52. The highest BCUT2D eigenvalue weighted by Gasteiger charge is 2.10. The second kappa shape index (κ2) is 5.74. The van der Waals surface area contributed by atoms with E-state index in [1.165, 1.54) is 23.5 Å². The molecule has 2 aromatic rings. The molecular formula is C14H13FN2S. The number of nitriles is 1. The molecule has 0 bridgehead atoms. The Hall–Kier alpha value is -1.73. The second-order valence-electron chi connectivity index (χ2n) is 4.08. The van der Waals surface area contributed by atoms with Crippen molar-refractivity contribution in [2.24, 2.45) is 5.92 Å². The first kappa shape index (κ1) is 12.7. The molecule has 0 saturated carbocycles. The van der Waals surface area contributed by atoms with E-state index in [4.69, 9.17) is 5.26 Å². The molecule has 92 valence electrons. The van der Waals surface area contributed by atoms with Gasteiger partial charge < -0.3 is 0 Å². The van der Waals surface area contributed by atoms with Crippen LogP contribution in [-0.2, 0) is 6.42 Å². The van der Waals surface area contributed by atoms with Gasteiger partial charge in [-0.25, -0.2) is 9.37 Å². The fraction of sp³-hybridized carbons (Fsp3) is 0.286. The Balaban J connectivity index is 2.18. The minimum Gasteiger partial charge on any atom is -0.241 e. The summed E-state index contributed by atoms with van der Waals surface area (Å²) in [5.74, 6) is -0.248. The van der Waals surface area contributed by atoms with Gasteiger partial charge in [0, 0.05) is 17.4 Å². The maximum absolute atomic E-state index is 13.1. The summed E-state index contributed by atoms with van der Waals surface area (Å²) in [5.41, 5.74) is 1.56. The van der Waals surface area contributed by atoms with Crippen LogP contribution in [0.15, 0.2) is 29.6 Å². The molecule has 0 amide bonds.